The van der Waals surface area contributed by atoms with Crippen molar-refractivity contribution in [1.29, 1.82) is 0 Å². The Morgan fingerprint density at radius 2 is 1.67 bits per heavy atom. The summed E-state index contributed by atoms with van der Waals surface area (Å²) in [5, 5.41) is 47.1. The highest BCUT2D eigenvalue weighted by atomic mass is 16.7. The topological polar surface area (TPSA) is 203 Å². The van der Waals surface area contributed by atoms with E-state index in [2.05, 4.69) is 43.4 Å². The van der Waals surface area contributed by atoms with E-state index >= 15 is 0 Å². The quantitative estimate of drug-likeness (QED) is 0.0551. The smallest absolute Gasteiger partial charge is 0.335 e. The molecular weight excluding hydrogens is 675 g/mol. The molecule has 15 heteroatoms. The van der Waals surface area contributed by atoms with Gasteiger partial charge in [0.1, 0.15) is 30.7 Å². The van der Waals surface area contributed by atoms with Crippen LogP contribution in [0.5, 0.6) is 5.75 Å². The van der Waals surface area contributed by atoms with Crippen molar-refractivity contribution in [2.45, 2.75) is 136 Å². The highest BCUT2D eigenvalue weighted by molar-refractivity contribution is 6.55. The fourth-order valence-corrected chi connectivity index (χ4v) is 4.83. The van der Waals surface area contributed by atoms with Crippen LogP contribution in [0.15, 0.2) is 46.7 Å². The third kappa shape index (κ3) is 15.1. The monoisotopic (exact) mass is 730 g/mol. The summed E-state index contributed by atoms with van der Waals surface area (Å²) < 4.78 is 21.9. The van der Waals surface area contributed by atoms with Crippen molar-refractivity contribution >= 4 is 31.3 Å². The Bertz CT molecular complexity index is 1460. The molecule has 2 rings (SSSR count). The second-order valence-electron chi connectivity index (χ2n) is 14.2. The van der Waals surface area contributed by atoms with Gasteiger partial charge in [0.15, 0.2) is 11.7 Å². The number of oxime groups is 1. The molecule has 14 nitrogen and oxygen atoms in total. The van der Waals surface area contributed by atoms with E-state index < -0.39 is 59.7 Å². The van der Waals surface area contributed by atoms with E-state index in [0.717, 1.165) is 31.4 Å². The summed E-state index contributed by atoms with van der Waals surface area (Å²) in [6, 6.07) is 4.13. The number of carbonyl (C=O) groups is 3. The van der Waals surface area contributed by atoms with Crippen LogP contribution in [0, 0.1) is 0 Å². The lowest BCUT2D eigenvalue weighted by Crippen LogP contribution is -2.61. The van der Waals surface area contributed by atoms with E-state index in [-0.39, 0.29) is 31.1 Å². The van der Waals surface area contributed by atoms with Crippen LogP contribution in [0.1, 0.15) is 103 Å². The summed E-state index contributed by atoms with van der Waals surface area (Å²) in [4.78, 5) is 41.9. The molecule has 1 aromatic rings. The van der Waals surface area contributed by atoms with Crippen LogP contribution in [0.2, 0.25) is 0 Å². The van der Waals surface area contributed by atoms with Crippen molar-refractivity contribution in [3.8, 4) is 5.75 Å². The van der Waals surface area contributed by atoms with Crippen molar-refractivity contribution in [2.75, 3.05) is 13.2 Å². The van der Waals surface area contributed by atoms with E-state index in [1.165, 1.54) is 29.3 Å². The van der Waals surface area contributed by atoms with Gasteiger partial charge in [0.25, 0.3) is 5.91 Å². The Hall–Kier alpha value is -3.76. The van der Waals surface area contributed by atoms with Gasteiger partial charge in [0, 0.05) is 6.54 Å². The lowest BCUT2D eigenvalue weighted by atomic mass is 9.99. The summed E-state index contributed by atoms with van der Waals surface area (Å²) in [5.41, 5.74) is 2.43. The molecule has 0 bridgehead atoms. The molecule has 0 unspecified atom stereocenters. The minimum Gasteiger partial charge on any atom is -0.479 e. The van der Waals surface area contributed by atoms with Crippen LogP contribution in [0.25, 0.3) is 0 Å². The van der Waals surface area contributed by atoms with E-state index in [1.807, 2.05) is 34.6 Å². The highest BCUT2D eigenvalue weighted by Gasteiger charge is 2.48. The molecular formula is C37H55BN2O12. The minimum absolute atomic E-state index is 0.0789. The van der Waals surface area contributed by atoms with Crippen LogP contribution < -0.4 is 10.1 Å². The number of aliphatic hydroxyl groups excluding tert-OH is 3. The summed E-state index contributed by atoms with van der Waals surface area (Å²) in [7, 11) is 5.07. The number of aliphatic hydroxyl groups is 3. The molecule has 52 heavy (non-hydrogen) atoms. The van der Waals surface area contributed by atoms with Crippen LogP contribution in [-0.4, -0.2) is 107 Å². The maximum absolute atomic E-state index is 13.4. The predicted molar refractivity (Wildman–Crippen MR) is 194 cm³/mol. The van der Waals surface area contributed by atoms with Gasteiger partial charge in [-0.25, -0.2) is 4.79 Å². The molecule has 0 aromatic heterocycles. The number of rotatable bonds is 20. The zero-order valence-electron chi connectivity index (χ0n) is 31.5. The largest absolute Gasteiger partial charge is 0.479 e. The normalized spacial score (nSPS) is 21.8. The Morgan fingerprint density at radius 1 is 0.981 bits per heavy atom. The maximum Gasteiger partial charge on any atom is 0.335 e. The van der Waals surface area contributed by atoms with Crippen molar-refractivity contribution in [2.24, 2.45) is 5.16 Å². The first-order chi connectivity index (χ1) is 24.2. The van der Waals surface area contributed by atoms with Gasteiger partial charge in [-0.1, -0.05) is 34.5 Å². The number of allylic oxidation sites excluding steroid dienone is 4. The molecule has 1 saturated heterocycles. The van der Waals surface area contributed by atoms with Gasteiger partial charge >= 0.3 is 5.97 Å². The minimum atomic E-state index is -1.92. The lowest BCUT2D eigenvalue weighted by molar-refractivity contribution is -0.271. The number of benzene rings is 1. The first kappa shape index (κ1) is 44.4. The summed E-state index contributed by atoms with van der Waals surface area (Å²) >= 11 is 0. The number of nitrogens with zero attached hydrogens (tertiary/aromatic N) is 1. The molecule has 0 spiro atoms. The standard InChI is InChI=1S/C37H55BN2O12/c1-9-22(2)11-10-12-23(3)13-14-24(4)40-52-37(7,8)21-49-36(5,6)17-18-39-32(44)26-19-25(20-48-35(38)47)15-16-27(26)50-34-30(43)28(41)29(42)31(51-34)33(45)46/h9,12,15-16,19,28-31,34,41-43H,10-11,13-14,17-18,20-21H2,1-8H3,(H,39,44)(H,45,46)/b22-9+,23-12+,40-24+/t28-,29-,30+,31-,34+/m0/s1. The molecule has 1 fully saturated rings. The van der Waals surface area contributed by atoms with Gasteiger partial charge in [-0.05, 0) is 105 Å². The fraction of sp³-hybridized carbons (Fsp3) is 0.622. The van der Waals surface area contributed by atoms with Gasteiger partial charge in [-0.15, -0.1) is 0 Å². The molecule has 5 atom stereocenters. The molecule has 1 aliphatic heterocycles. The molecule has 0 aliphatic carbocycles. The first-order valence-electron chi connectivity index (χ1n) is 17.3. The van der Waals surface area contributed by atoms with Crippen molar-refractivity contribution < 1.29 is 58.6 Å². The third-order valence-electron chi connectivity index (χ3n) is 8.40. The average Bonchev–Trinajstić information content (AvgIpc) is 3.08. The third-order valence-corrected chi connectivity index (χ3v) is 8.40. The molecule has 1 aromatic carbocycles. The van der Waals surface area contributed by atoms with Crippen LogP contribution in [-0.2, 0) is 30.4 Å². The van der Waals surface area contributed by atoms with Gasteiger partial charge in [0.05, 0.1) is 23.5 Å². The first-order valence-corrected chi connectivity index (χ1v) is 17.3. The van der Waals surface area contributed by atoms with Crippen LogP contribution >= 0.6 is 0 Å². The zero-order chi connectivity index (χ0) is 39.2. The summed E-state index contributed by atoms with van der Waals surface area (Å²) in [6.45, 7) is 15.8. The predicted octanol–water partition coefficient (Wildman–Crippen LogP) is 4.32. The number of hydrogen-bond donors (Lipinski definition) is 5. The lowest BCUT2D eigenvalue weighted by Gasteiger charge is -2.38. The number of carboxylic acid groups (broad SMARTS) is 1. The Balaban J connectivity index is 2.01. The number of nitrogens with one attached hydrogen (secondary N) is 1. The highest BCUT2D eigenvalue weighted by Crippen LogP contribution is 2.28. The number of carbonyl (C=O) groups excluding carboxylic acids is 2. The van der Waals surface area contributed by atoms with Crippen LogP contribution in [0.3, 0.4) is 0 Å². The molecule has 1 amide bonds. The summed E-state index contributed by atoms with van der Waals surface area (Å²) in [6.07, 6.45) is -0.811. The van der Waals surface area contributed by atoms with E-state index in [1.54, 1.807) is 0 Å². The van der Waals surface area contributed by atoms with Crippen molar-refractivity contribution in [3.63, 3.8) is 0 Å². The SMILES string of the molecule is [B]C(=O)OCc1ccc(O[C@@H]2O[C@H](C(=O)O)[C@@H](O)[C@H](O)[C@H]2O)c(C(=O)NCCC(C)(C)OCC(C)(C)O/N=C(\C)CC/C(C)=C/CC/C(C)=C/C)c1. The molecule has 0 saturated carbocycles. The number of amides is 1. The number of ether oxygens (including phenoxy) is 4. The second kappa shape index (κ2) is 20.5. The van der Waals surface area contributed by atoms with E-state index in [0.29, 0.717) is 12.0 Å². The molecule has 1 heterocycles. The number of hydrogen-bond acceptors (Lipinski definition) is 12. The molecule has 1 aliphatic rings. The zero-order valence-corrected chi connectivity index (χ0v) is 31.5. The Kier molecular flexibility index (Phi) is 17.5. The van der Waals surface area contributed by atoms with Crippen molar-refractivity contribution in [3.05, 3.63) is 52.6 Å². The average molecular weight is 731 g/mol. The van der Waals surface area contributed by atoms with Crippen molar-refractivity contribution in [1.82, 2.24) is 5.32 Å². The Labute approximate surface area is 307 Å². The summed E-state index contributed by atoms with van der Waals surface area (Å²) in [5.74, 6) is -3.39. The second-order valence-corrected chi connectivity index (χ2v) is 14.2. The van der Waals surface area contributed by atoms with E-state index in [4.69, 9.17) is 31.6 Å². The van der Waals surface area contributed by atoms with Gasteiger partial charge in [-0.2, -0.15) is 0 Å². The maximum atomic E-state index is 13.4. The molecule has 2 radical (unpaired) electrons. The Morgan fingerprint density at radius 3 is 2.31 bits per heavy atom. The number of aliphatic carboxylic acids is 1. The molecule has 288 valence electrons. The fourth-order valence-electron chi connectivity index (χ4n) is 4.83. The van der Waals surface area contributed by atoms with Crippen LogP contribution in [0.4, 0.5) is 4.79 Å². The van der Waals surface area contributed by atoms with Gasteiger partial charge in [-0.3, -0.25) is 9.59 Å². The molecule has 5 N–H and O–H groups in total. The van der Waals surface area contributed by atoms with Gasteiger partial charge in [0.2, 0.25) is 20.0 Å². The number of carboxylic acids is 1. The van der Waals surface area contributed by atoms with E-state index in [9.17, 15) is 34.8 Å². The van der Waals surface area contributed by atoms with Gasteiger partial charge < -0.3 is 49.5 Å².